The van der Waals surface area contributed by atoms with Gasteiger partial charge in [0.05, 0.1) is 5.56 Å². The first-order valence-corrected chi connectivity index (χ1v) is 5.83. The maximum Gasteiger partial charge on any atom is 0.339 e. The Labute approximate surface area is 116 Å². The highest BCUT2D eigenvalue weighted by atomic mass is 79.9. The Morgan fingerprint density at radius 3 is 2.37 bits per heavy atom. The van der Waals surface area contributed by atoms with Crippen molar-refractivity contribution in [3.8, 4) is 23.4 Å². The van der Waals surface area contributed by atoms with Crippen LogP contribution in [0.3, 0.4) is 0 Å². The molecule has 0 aliphatic rings. The molecule has 0 aliphatic heterocycles. The van der Waals surface area contributed by atoms with Crippen molar-refractivity contribution < 1.29 is 4.92 Å². The van der Waals surface area contributed by atoms with Crippen molar-refractivity contribution >= 4 is 21.7 Å². The van der Waals surface area contributed by atoms with Crippen LogP contribution in [0.4, 0.5) is 5.82 Å². The van der Waals surface area contributed by atoms with Gasteiger partial charge in [-0.05, 0) is 39.1 Å². The number of rotatable bonds is 2. The molecule has 7 heteroatoms. The maximum absolute atomic E-state index is 10.8. The Kier molecular flexibility index (Phi) is 3.32. The summed E-state index contributed by atoms with van der Waals surface area (Å²) >= 11 is 3.24. The summed E-state index contributed by atoms with van der Waals surface area (Å²) in [5, 5.41) is 28.4. The Bertz CT molecular complexity index is 752. The molecule has 92 valence electrons. The largest absolute Gasteiger partial charge is 0.358 e. The monoisotopic (exact) mass is 316 g/mol. The molecule has 0 unspecified atom stereocenters. The number of aromatic amines is 1. The van der Waals surface area contributed by atoms with E-state index in [1.54, 1.807) is 24.3 Å². The minimum absolute atomic E-state index is 0.0273. The van der Waals surface area contributed by atoms with Crippen LogP contribution in [0.2, 0.25) is 0 Å². The summed E-state index contributed by atoms with van der Waals surface area (Å²) in [6.45, 7) is 0. The number of nitrogens with one attached hydrogen (secondary N) is 1. The third-order valence-corrected chi connectivity index (χ3v) is 3.16. The Hall–Kier alpha value is -2.64. The van der Waals surface area contributed by atoms with Gasteiger partial charge in [0.2, 0.25) is 0 Å². The van der Waals surface area contributed by atoms with E-state index in [2.05, 4.69) is 20.9 Å². The number of benzene rings is 1. The Morgan fingerprint density at radius 2 is 1.89 bits per heavy atom. The zero-order chi connectivity index (χ0) is 14.0. The number of halogens is 1. The van der Waals surface area contributed by atoms with E-state index in [1.165, 1.54) is 6.07 Å². The molecule has 1 aromatic heterocycles. The van der Waals surface area contributed by atoms with Crippen LogP contribution in [0.15, 0.2) is 28.7 Å². The fraction of sp³-hybridized carbons (Fsp3) is 0. The van der Waals surface area contributed by atoms with E-state index in [0.717, 1.165) is 0 Å². The lowest BCUT2D eigenvalue weighted by Gasteiger charge is -1.98. The average Bonchev–Trinajstić information content (AvgIpc) is 2.83. The highest BCUT2D eigenvalue weighted by molar-refractivity contribution is 9.10. The molecule has 0 fully saturated rings. The van der Waals surface area contributed by atoms with Crippen molar-refractivity contribution in [3.63, 3.8) is 0 Å². The van der Waals surface area contributed by atoms with Crippen LogP contribution in [0, 0.1) is 32.8 Å². The van der Waals surface area contributed by atoms with E-state index >= 15 is 0 Å². The number of nitro groups is 1. The maximum atomic E-state index is 10.8. The van der Waals surface area contributed by atoms with E-state index in [1.807, 2.05) is 6.07 Å². The van der Waals surface area contributed by atoms with Crippen LogP contribution >= 0.6 is 15.9 Å². The van der Waals surface area contributed by atoms with Crippen molar-refractivity contribution in [2.75, 3.05) is 0 Å². The van der Waals surface area contributed by atoms with Gasteiger partial charge in [0.15, 0.2) is 0 Å². The fourth-order valence-electron chi connectivity index (χ4n) is 1.60. The lowest BCUT2D eigenvalue weighted by Crippen LogP contribution is -1.90. The summed E-state index contributed by atoms with van der Waals surface area (Å²) in [5.41, 5.74) is 1.54. The van der Waals surface area contributed by atoms with E-state index in [9.17, 15) is 10.1 Å². The van der Waals surface area contributed by atoms with Crippen molar-refractivity contribution in [2.24, 2.45) is 0 Å². The minimum atomic E-state index is -0.638. The smallest absolute Gasteiger partial charge is 0.339 e. The van der Waals surface area contributed by atoms with Crippen LogP contribution in [0.1, 0.15) is 11.1 Å². The first kappa shape index (κ1) is 12.8. The van der Waals surface area contributed by atoms with Crippen LogP contribution < -0.4 is 0 Å². The predicted octanol–water partition coefficient (Wildman–Crippen LogP) is 3.10. The molecule has 0 saturated carbocycles. The van der Waals surface area contributed by atoms with Gasteiger partial charge in [-0.3, -0.25) is 0 Å². The van der Waals surface area contributed by atoms with Gasteiger partial charge in [-0.2, -0.15) is 10.5 Å². The van der Waals surface area contributed by atoms with E-state index < -0.39 is 4.92 Å². The van der Waals surface area contributed by atoms with Crippen molar-refractivity contribution in [2.45, 2.75) is 0 Å². The number of nitriles is 2. The normalized spacial score (nSPS) is 9.63. The molecule has 0 saturated heterocycles. The number of hydrogen-bond acceptors (Lipinski definition) is 4. The Balaban J connectivity index is 2.55. The molecule has 19 heavy (non-hydrogen) atoms. The third kappa shape index (κ3) is 2.32. The van der Waals surface area contributed by atoms with E-state index in [4.69, 9.17) is 10.5 Å². The van der Waals surface area contributed by atoms with E-state index in [-0.39, 0.29) is 11.4 Å². The molecule has 0 radical (unpaired) electrons. The molecule has 1 N–H and O–H groups in total. The lowest BCUT2D eigenvalue weighted by molar-refractivity contribution is -0.389. The summed E-state index contributed by atoms with van der Waals surface area (Å²) in [5.74, 6) is -0.335. The van der Waals surface area contributed by atoms with Gasteiger partial charge in [-0.15, -0.1) is 0 Å². The molecule has 6 nitrogen and oxygen atoms in total. The van der Waals surface area contributed by atoms with Gasteiger partial charge in [0.1, 0.15) is 23.4 Å². The molecule has 2 aromatic rings. The summed E-state index contributed by atoms with van der Waals surface area (Å²) in [6, 6.07) is 10.1. The predicted molar refractivity (Wildman–Crippen MR) is 70.0 cm³/mol. The second kappa shape index (κ2) is 4.92. The molecule has 0 atom stereocenters. The van der Waals surface area contributed by atoms with Gasteiger partial charge in [0.25, 0.3) is 0 Å². The van der Waals surface area contributed by atoms with Gasteiger partial charge < -0.3 is 10.1 Å². The summed E-state index contributed by atoms with van der Waals surface area (Å²) < 4.78 is 0.586. The summed E-state index contributed by atoms with van der Waals surface area (Å²) in [6.07, 6.45) is 0. The molecule has 0 spiro atoms. The second-order valence-electron chi connectivity index (χ2n) is 3.62. The molecule has 0 bridgehead atoms. The topological polar surface area (TPSA) is 107 Å². The van der Waals surface area contributed by atoms with Crippen LogP contribution in [-0.2, 0) is 0 Å². The van der Waals surface area contributed by atoms with Crippen LogP contribution in [0.5, 0.6) is 0 Å². The van der Waals surface area contributed by atoms with Crippen molar-refractivity contribution in [1.29, 1.82) is 10.5 Å². The standard InChI is InChI=1S/C12H5BrN4O2/c13-10-3-7(1-2-8(10)5-14)11-4-9(6-15)12(16-11)17(18)19/h1-4,16H. The highest BCUT2D eigenvalue weighted by Crippen LogP contribution is 2.29. The molecule has 0 amide bonds. The molecule has 1 aromatic carbocycles. The summed E-state index contributed by atoms with van der Waals surface area (Å²) in [4.78, 5) is 12.7. The highest BCUT2D eigenvalue weighted by Gasteiger charge is 2.18. The average molecular weight is 317 g/mol. The zero-order valence-electron chi connectivity index (χ0n) is 9.35. The number of H-pyrrole nitrogens is 1. The Morgan fingerprint density at radius 1 is 1.21 bits per heavy atom. The first-order valence-electron chi connectivity index (χ1n) is 5.04. The number of hydrogen-bond donors (Lipinski definition) is 1. The van der Waals surface area contributed by atoms with Crippen LogP contribution in [0.25, 0.3) is 11.3 Å². The molecular weight excluding hydrogens is 312 g/mol. The summed E-state index contributed by atoms with van der Waals surface area (Å²) in [7, 11) is 0. The van der Waals surface area contributed by atoms with Crippen molar-refractivity contribution in [1.82, 2.24) is 4.98 Å². The van der Waals surface area contributed by atoms with Crippen LogP contribution in [-0.4, -0.2) is 9.91 Å². The fourth-order valence-corrected chi connectivity index (χ4v) is 2.07. The number of aromatic nitrogens is 1. The number of nitrogens with zero attached hydrogens (tertiary/aromatic N) is 3. The van der Waals surface area contributed by atoms with E-state index in [0.29, 0.717) is 21.3 Å². The second-order valence-corrected chi connectivity index (χ2v) is 4.47. The quantitative estimate of drug-likeness (QED) is 0.678. The molecule has 0 aliphatic carbocycles. The lowest BCUT2D eigenvalue weighted by atomic mass is 10.1. The van der Waals surface area contributed by atoms with Gasteiger partial charge >= 0.3 is 5.82 Å². The van der Waals surface area contributed by atoms with Gasteiger partial charge in [-0.1, -0.05) is 0 Å². The van der Waals surface area contributed by atoms with Gasteiger partial charge in [-0.25, -0.2) is 4.98 Å². The van der Waals surface area contributed by atoms with Gasteiger partial charge in [0, 0.05) is 16.1 Å². The molecule has 1 heterocycles. The zero-order valence-corrected chi connectivity index (χ0v) is 10.9. The first-order chi connectivity index (χ1) is 9.06. The van der Waals surface area contributed by atoms with Crippen molar-refractivity contribution in [3.05, 3.63) is 50.0 Å². The SMILES string of the molecule is N#Cc1ccc(-c2cc(C#N)c([N+](=O)[O-])[nH]2)cc1Br. The third-order valence-electron chi connectivity index (χ3n) is 2.50. The molecular formula is C12H5BrN4O2. The minimum Gasteiger partial charge on any atom is -0.358 e. The molecule has 2 rings (SSSR count).